The minimum absolute atomic E-state index is 0.225. The number of carboxylic acid groups (broad SMARTS) is 1. The number of hydrogen-bond acceptors (Lipinski definition) is 4. The summed E-state index contributed by atoms with van der Waals surface area (Å²) in [5.41, 5.74) is 5.53. The number of nitrogens with one attached hydrogen (secondary N) is 1. The van der Waals surface area contributed by atoms with Crippen LogP contribution in [0.5, 0.6) is 0 Å². The van der Waals surface area contributed by atoms with Gasteiger partial charge in [0.1, 0.15) is 11.9 Å². The number of carbonyl (C=O) groups is 1. The summed E-state index contributed by atoms with van der Waals surface area (Å²) in [6.45, 7) is 1.67. The Balaban J connectivity index is 2.66. The molecule has 0 saturated carbocycles. The first-order valence-corrected chi connectivity index (χ1v) is 4.54. The monoisotopic (exact) mass is 211 g/mol. The number of nitrogens with zero attached hydrogens (tertiary/aromatic N) is 1. The van der Waals surface area contributed by atoms with Gasteiger partial charge in [0.05, 0.1) is 0 Å². The first-order valence-electron chi connectivity index (χ1n) is 4.54. The lowest BCUT2D eigenvalue weighted by atomic mass is 10.1. The third-order valence-electron chi connectivity index (χ3n) is 2.04. The number of H-pyrrole nitrogens is 1. The largest absolute Gasteiger partial charge is 0.480 e. The summed E-state index contributed by atoms with van der Waals surface area (Å²) < 4.78 is 0. The highest BCUT2D eigenvalue weighted by molar-refractivity contribution is 5.73. The Bertz CT molecular complexity index is 413. The van der Waals surface area contributed by atoms with Crippen molar-refractivity contribution in [1.29, 1.82) is 0 Å². The lowest BCUT2D eigenvalue weighted by Gasteiger charge is -2.05. The summed E-state index contributed by atoms with van der Waals surface area (Å²) in [6, 6.07) is -0.939. The van der Waals surface area contributed by atoms with E-state index in [0.717, 1.165) is 0 Å². The van der Waals surface area contributed by atoms with Crippen molar-refractivity contribution in [3.05, 3.63) is 27.9 Å². The molecule has 1 aromatic rings. The number of aromatic nitrogens is 2. The SMILES string of the molecule is Cc1ncc(CCC(N)C(=O)O)c(=O)[nH]1. The van der Waals surface area contributed by atoms with E-state index in [1.54, 1.807) is 6.92 Å². The first kappa shape index (κ1) is 11.4. The maximum atomic E-state index is 11.3. The Hall–Kier alpha value is -1.69. The molecule has 0 saturated heterocycles. The van der Waals surface area contributed by atoms with Crippen LogP contribution in [0, 0.1) is 6.92 Å². The smallest absolute Gasteiger partial charge is 0.320 e. The summed E-state index contributed by atoms with van der Waals surface area (Å²) in [5, 5.41) is 8.55. The molecule has 0 radical (unpaired) electrons. The van der Waals surface area contributed by atoms with Crippen LogP contribution in [-0.2, 0) is 11.2 Å². The molecule has 6 nitrogen and oxygen atoms in total. The molecule has 0 aliphatic heterocycles. The summed E-state index contributed by atoms with van der Waals surface area (Å²) in [5.74, 6) is -0.530. The fourth-order valence-electron chi connectivity index (χ4n) is 1.12. The Labute approximate surface area is 86.2 Å². The predicted molar refractivity (Wildman–Crippen MR) is 53.5 cm³/mol. The van der Waals surface area contributed by atoms with Gasteiger partial charge in [-0.15, -0.1) is 0 Å². The fraction of sp³-hybridized carbons (Fsp3) is 0.444. The van der Waals surface area contributed by atoms with Crippen LogP contribution in [0.1, 0.15) is 17.8 Å². The third-order valence-corrected chi connectivity index (χ3v) is 2.04. The van der Waals surface area contributed by atoms with Crippen LogP contribution >= 0.6 is 0 Å². The van der Waals surface area contributed by atoms with Crippen LogP contribution in [0.15, 0.2) is 11.0 Å². The second kappa shape index (κ2) is 4.70. The van der Waals surface area contributed by atoms with E-state index in [1.165, 1.54) is 6.20 Å². The Morgan fingerprint density at radius 3 is 2.93 bits per heavy atom. The lowest BCUT2D eigenvalue weighted by molar-refractivity contribution is -0.138. The van der Waals surface area contributed by atoms with Crippen LogP contribution in [0.3, 0.4) is 0 Å². The van der Waals surface area contributed by atoms with E-state index >= 15 is 0 Å². The van der Waals surface area contributed by atoms with Gasteiger partial charge in [-0.1, -0.05) is 0 Å². The van der Waals surface area contributed by atoms with Gasteiger partial charge in [-0.25, -0.2) is 4.98 Å². The van der Waals surface area contributed by atoms with Gasteiger partial charge in [-0.3, -0.25) is 9.59 Å². The molecular formula is C9H13N3O3. The molecule has 82 valence electrons. The zero-order valence-corrected chi connectivity index (χ0v) is 8.36. The van der Waals surface area contributed by atoms with Crippen molar-refractivity contribution >= 4 is 5.97 Å². The highest BCUT2D eigenvalue weighted by Gasteiger charge is 2.12. The number of aliphatic carboxylic acids is 1. The second-order valence-corrected chi connectivity index (χ2v) is 3.31. The highest BCUT2D eigenvalue weighted by atomic mass is 16.4. The average Bonchev–Trinajstić information content (AvgIpc) is 2.15. The van der Waals surface area contributed by atoms with Gasteiger partial charge >= 0.3 is 5.97 Å². The minimum Gasteiger partial charge on any atom is -0.480 e. The number of rotatable bonds is 4. The van der Waals surface area contributed by atoms with Gasteiger partial charge in [0, 0.05) is 11.8 Å². The quantitative estimate of drug-likeness (QED) is 0.617. The number of aryl methyl sites for hydroxylation is 2. The van der Waals surface area contributed by atoms with E-state index in [0.29, 0.717) is 17.8 Å². The maximum Gasteiger partial charge on any atom is 0.320 e. The van der Waals surface area contributed by atoms with Gasteiger partial charge in [0.25, 0.3) is 5.56 Å². The van der Waals surface area contributed by atoms with Gasteiger partial charge in [-0.2, -0.15) is 0 Å². The highest BCUT2D eigenvalue weighted by Crippen LogP contribution is 1.98. The zero-order chi connectivity index (χ0) is 11.4. The molecule has 0 aromatic carbocycles. The molecule has 0 spiro atoms. The van der Waals surface area contributed by atoms with Crippen LogP contribution in [-0.4, -0.2) is 27.1 Å². The summed E-state index contributed by atoms with van der Waals surface area (Å²) in [4.78, 5) is 28.2. The number of carboxylic acids is 1. The normalized spacial score (nSPS) is 12.4. The van der Waals surface area contributed by atoms with Crippen LogP contribution in [0.4, 0.5) is 0 Å². The van der Waals surface area contributed by atoms with E-state index in [4.69, 9.17) is 10.8 Å². The zero-order valence-electron chi connectivity index (χ0n) is 8.36. The van der Waals surface area contributed by atoms with Crippen molar-refractivity contribution in [2.24, 2.45) is 5.73 Å². The second-order valence-electron chi connectivity index (χ2n) is 3.31. The van der Waals surface area contributed by atoms with Crippen molar-refractivity contribution in [1.82, 2.24) is 9.97 Å². The molecule has 0 fully saturated rings. The third kappa shape index (κ3) is 3.17. The molecule has 1 rings (SSSR count). The van der Waals surface area contributed by atoms with Crippen LogP contribution in [0.2, 0.25) is 0 Å². The minimum atomic E-state index is -1.06. The summed E-state index contributed by atoms with van der Waals surface area (Å²) in [6.07, 6.45) is 1.99. The van der Waals surface area contributed by atoms with Crippen LogP contribution in [0.25, 0.3) is 0 Å². The summed E-state index contributed by atoms with van der Waals surface area (Å²) >= 11 is 0. The van der Waals surface area contributed by atoms with Crippen molar-refractivity contribution in [3.8, 4) is 0 Å². The summed E-state index contributed by atoms with van der Waals surface area (Å²) in [7, 11) is 0. The molecule has 1 atom stereocenters. The number of aromatic amines is 1. The van der Waals surface area contributed by atoms with E-state index in [9.17, 15) is 9.59 Å². The van der Waals surface area contributed by atoms with E-state index in [-0.39, 0.29) is 12.0 Å². The van der Waals surface area contributed by atoms with Gasteiger partial charge < -0.3 is 15.8 Å². The lowest BCUT2D eigenvalue weighted by Crippen LogP contribution is -2.31. The van der Waals surface area contributed by atoms with Gasteiger partial charge in [0.2, 0.25) is 0 Å². The predicted octanol–water partition coefficient (Wildman–Crippen LogP) is -0.577. The topological polar surface area (TPSA) is 109 Å². The molecule has 15 heavy (non-hydrogen) atoms. The molecule has 1 heterocycles. The molecular weight excluding hydrogens is 198 g/mol. The Morgan fingerprint density at radius 2 is 2.40 bits per heavy atom. The van der Waals surface area contributed by atoms with Gasteiger partial charge in [-0.05, 0) is 19.8 Å². The van der Waals surface area contributed by atoms with E-state index < -0.39 is 12.0 Å². The Kier molecular flexibility index (Phi) is 3.56. The molecule has 0 aliphatic rings. The maximum absolute atomic E-state index is 11.3. The molecule has 0 bridgehead atoms. The average molecular weight is 211 g/mol. The van der Waals surface area contributed by atoms with E-state index in [2.05, 4.69) is 9.97 Å². The van der Waals surface area contributed by atoms with Crippen LogP contribution < -0.4 is 11.3 Å². The molecule has 6 heteroatoms. The Morgan fingerprint density at radius 1 is 1.73 bits per heavy atom. The number of hydrogen-bond donors (Lipinski definition) is 3. The fourth-order valence-corrected chi connectivity index (χ4v) is 1.12. The standard InChI is InChI=1S/C9H13N3O3/c1-5-11-4-6(8(13)12-5)2-3-7(10)9(14)15/h4,7H,2-3,10H2,1H3,(H,14,15)(H,11,12,13). The molecule has 1 unspecified atom stereocenters. The van der Waals surface area contributed by atoms with E-state index in [1.807, 2.05) is 0 Å². The van der Waals surface area contributed by atoms with Crippen molar-refractivity contribution < 1.29 is 9.90 Å². The van der Waals surface area contributed by atoms with Crippen molar-refractivity contribution in [2.45, 2.75) is 25.8 Å². The number of nitrogens with two attached hydrogens (primary N) is 1. The molecule has 0 aliphatic carbocycles. The van der Waals surface area contributed by atoms with Crippen molar-refractivity contribution in [3.63, 3.8) is 0 Å². The molecule has 0 amide bonds. The molecule has 1 aromatic heterocycles. The van der Waals surface area contributed by atoms with Crippen molar-refractivity contribution in [2.75, 3.05) is 0 Å². The van der Waals surface area contributed by atoms with Gasteiger partial charge in [0.15, 0.2) is 0 Å². The first-order chi connectivity index (χ1) is 7.00. The molecule has 4 N–H and O–H groups in total.